The monoisotopic (exact) mass is 380 g/mol. The number of nitrogens with zero attached hydrogens (tertiary/aromatic N) is 1. The van der Waals surface area contributed by atoms with Crippen LogP contribution in [-0.2, 0) is 6.54 Å². The van der Waals surface area contributed by atoms with Crippen LogP contribution in [0.1, 0.15) is 23.0 Å². The van der Waals surface area contributed by atoms with Gasteiger partial charge in [-0.25, -0.2) is 0 Å². The van der Waals surface area contributed by atoms with E-state index in [1.54, 1.807) is 18.2 Å². The van der Waals surface area contributed by atoms with Crippen molar-refractivity contribution in [2.45, 2.75) is 20.4 Å². The van der Waals surface area contributed by atoms with Crippen LogP contribution in [0.15, 0.2) is 36.4 Å². The molecule has 0 saturated carbocycles. The van der Waals surface area contributed by atoms with Gasteiger partial charge in [0, 0.05) is 27.5 Å². The predicted octanol–water partition coefficient (Wildman–Crippen LogP) is 6.18. The largest absolute Gasteiger partial charge is 0.337 e. The molecule has 124 valence electrons. The summed E-state index contributed by atoms with van der Waals surface area (Å²) in [6.45, 7) is 4.58. The first kappa shape index (κ1) is 17.2. The highest BCUT2D eigenvalue weighted by Gasteiger charge is 2.20. The number of aromatic nitrogens is 1. The van der Waals surface area contributed by atoms with Crippen LogP contribution >= 0.6 is 34.8 Å². The van der Waals surface area contributed by atoms with Gasteiger partial charge in [-0.3, -0.25) is 4.79 Å². The number of hydrogen-bond acceptors (Lipinski definition) is 1. The van der Waals surface area contributed by atoms with Crippen molar-refractivity contribution in [1.82, 2.24) is 4.57 Å². The quantitative estimate of drug-likeness (QED) is 0.577. The fraction of sp³-hybridized carbons (Fsp3) is 0.167. The number of aryl methyl sites for hydroxylation is 2. The van der Waals surface area contributed by atoms with E-state index in [0.29, 0.717) is 33.0 Å². The smallest absolute Gasteiger partial charge is 0.272 e. The molecule has 0 unspecified atom stereocenters. The van der Waals surface area contributed by atoms with Gasteiger partial charge in [0.05, 0.1) is 10.7 Å². The maximum atomic E-state index is 12.9. The van der Waals surface area contributed by atoms with Crippen LogP contribution in [0.5, 0.6) is 0 Å². The van der Waals surface area contributed by atoms with Gasteiger partial charge in [-0.2, -0.15) is 0 Å². The number of benzene rings is 2. The molecule has 1 N–H and O–H groups in total. The molecule has 0 atom stereocenters. The lowest BCUT2D eigenvalue weighted by Gasteiger charge is -2.11. The van der Waals surface area contributed by atoms with Crippen molar-refractivity contribution in [3.8, 4) is 0 Å². The summed E-state index contributed by atoms with van der Waals surface area (Å²) >= 11 is 18.2. The number of carbonyl (C=O) groups excluding carboxylic acids is 1. The maximum Gasteiger partial charge on any atom is 0.272 e. The lowest BCUT2D eigenvalue weighted by molar-refractivity contribution is 0.101. The van der Waals surface area contributed by atoms with Crippen LogP contribution in [0.25, 0.3) is 10.9 Å². The molecule has 24 heavy (non-hydrogen) atoms. The molecule has 3 aromatic rings. The van der Waals surface area contributed by atoms with Crippen LogP contribution in [0, 0.1) is 6.92 Å². The Bertz CT molecular complexity index is 947. The first-order valence-electron chi connectivity index (χ1n) is 7.47. The summed E-state index contributed by atoms with van der Waals surface area (Å²) in [5.41, 5.74) is 2.93. The molecule has 0 saturated heterocycles. The van der Waals surface area contributed by atoms with Gasteiger partial charge in [0.1, 0.15) is 5.69 Å². The number of amides is 1. The second kappa shape index (κ2) is 6.67. The number of nitrogens with one attached hydrogen (secondary N) is 1. The Labute approximate surface area is 155 Å². The van der Waals surface area contributed by atoms with Gasteiger partial charge >= 0.3 is 0 Å². The standard InChI is InChI=1S/C18H15Cl3N2O/c1-3-23-16-7-5-11(19)8-13(16)10(2)17(23)18(24)22-15-9-12(20)4-6-14(15)21/h4-9H,3H2,1-2H3,(H,22,24). The fourth-order valence-corrected chi connectivity index (χ4v) is 3.40. The minimum Gasteiger partial charge on any atom is -0.337 e. The van der Waals surface area contributed by atoms with Crippen LogP contribution in [0.3, 0.4) is 0 Å². The second-order valence-corrected chi connectivity index (χ2v) is 6.74. The highest BCUT2D eigenvalue weighted by atomic mass is 35.5. The number of anilines is 1. The molecule has 6 heteroatoms. The summed E-state index contributed by atoms with van der Waals surface area (Å²) in [4.78, 5) is 12.9. The summed E-state index contributed by atoms with van der Waals surface area (Å²) < 4.78 is 1.97. The molecule has 1 amide bonds. The molecule has 1 aromatic heterocycles. The molecule has 0 aliphatic carbocycles. The third-order valence-electron chi connectivity index (χ3n) is 3.99. The Morgan fingerprint density at radius 3 is 2.46 bits per heavy atom. The molecule has 0 bridgehead atoms. The SMILES string of the molecule is CCn1c(C(=O)Nc2cc(Cl)ccc2Cl)c(C)c2cc(Cl)ccc21. The molecule has 0 aliphatic rings. The van der Waals surface area contributed by atoms with E-state index in [-0.39, 0.29) is 5.91 Å². The molecule has 0 radical (unpaired) electrons. The summed E-state index contributed by atoms with van der Waals surface area (Å²) in [6, 6.07) is 10.6. The van der Waals surface area contributed by atoms with E-state index in [0.717, 1.165) is 16.5 Å². The average Bonchev–Trinajstić information content (AvgIpc) is 2.82. The van der Waals surface area contributed by atoms with Crippen molar-refractivity contribution in [2.75, 3.05) is 5.32 Å². The molecular weight excluding hydrogens is 367 g/mol. The normalized spacial score (nSPS) is 11.0. The molecule has 2 aromatic carbocycles. The molecule has 0 fully saturated rings. The lowest BCUT2D eigenvalue weighted by atomic mass is 10.1. The molecular formula is C18H15Cl3N2O. The van der Waals surface area contributed by atoms with Gasteiger partial charge in [-0.1, -0.05) is 34.8 Å². The van der Waals surface area contributed by atoms with Gasteiger partial charge in [0.2, 0.25) is 0 Å². The molecule has 0 spiro atoms. The zero-order valence-electron chi connectivity index (χ0n) is 13.2. The predicted molar refractivity (Wildman–Crippen MR) is 102 cm³/mol. The highest BCUT2D eigenvalue weighted by Crippen LogP contribution is 2.30. The minimum absolute atomic E-state index is 0.231. The third-order valence-corrected chi connectivity index (χ3v) is 4.79. The molecule has 3 nitrogen and oxygen atoms in total. The van der Waals surface area contributed by atoms with Gasteiger partial charge in [-0.05, 0) is 55.8 Å². The van der Waals surface area contributed by atoms with Crippen LogP contribution in [0.4, 0.5) is 5.69 Å². The summed E-state index contributed by atoms with van der Waals surface area (Å²) in [5, 5.41) is 5.40. The Morgan fingerprint density at radius 1 is 1.08 bits per heavy atom. The lowest BCUT2D eigenvalue weighted by Crippen LogP contribution is -2.18. The van der Waals surface area contributed by atoms with Crippen molar-refractivity contribution in [2.24, 2.45) is 0 Å². The molecule has 3 rings (SSSR count). The van der Waals surface area contributed by atoms with E-state index in [2.05, 4.69) is 5.32 Å². The average molecular weight is 382 g/mol. The topological polar surface area (TPSA) is 34.0 Å². The van der Waals surface area contributed by atoms with Crippen molar-refractivity contribution in [3.05, 3.63) is 62.7 Å². The van der Waals surface area contributed by atoms with Crippen molar-refractivity contribution in [3.63, 3.8) is 0 Å². The van der Waals surface area contributed by atoms with Crippen LogP contribution in [0.2, 0.25) is 15.1 Å². The van der Waals surface area contributed by atoms with E-state index < -0.39 is 0 Å². The van der Waals surface area contributed by atoms with Gasteiger partial charge in [0.25, 0.3) is 5.91 Å². The number of carbonyl (C=O) groups is 1. The zero-order valence-corrected chi connectivity index (χ0v) is 15.4. The van der Waals surface area contributed by atoms with Gasteiger partial charge < -0.3 is 9.88 Å². The summed E-state index contributed by atoms with van der Waals surface area (Å²) in [5.74, 6) is -0.231. The molecule has 1 heterocycles. The minimum atomic E-state index is -0.231. The highest BCUT2D eigenvalue weighted by molar-refractivity contribution is 6.36. The van der Waals surface area contributed by atoms with E-state index in [4.69, 9.17) is 34.8 Å². The Balaban J connectivity index is 2.09. The van der Waals surface area contributed by atoms with Crippen molar-refractivity contribution in [1.29, 1.82) is 0 Å². The summed E-state index contributed by atoms with van der Waals surface area (Å²) in [7, 11) is 0. The third kappa shape index (κ3) is 3.00. The van der Waals surface area contributed by atoms with Crippen molar-refractivity contribution >= 4 is 57.3 Å². The van der Waals surface area contributed by atoms with E-state index in [1.165, 1.54) is 0 Å². The van der Waals surface area contributed by atoms with Crippen LogP contribution < -0.4 is 5.32 Å². The van der Waals surface area contributed by atoms with E-state index in [9.17, 15) is 4.79 Å². The number of hydrogen-bond donors (Lipinski definition) is 1. The fourth-order valence-electron chi connectivity index (χ4n) is 2.89. The number of rotatable bonds is 3. The Morgan fingerprint density at radius 2 is 1.75 bits per heavy atom. The molecule has 0 aliphatic heterocycles. The Hall–Kier alpha value is -1.68. The number of fused-ring (bicyclic) bond motifs is 1. The summed E-state index contributed by atoms with van der Waals surface area (Å²) in [6.07, 6.45) is 0. The van der Waals surface area contributed by atoms with E-state index in [1.807, 2.05) is 36.6 Å². The van der Waals surface area contributed by atoms with Crippen molar-refractivity contribution < 1.29 is 4.79 Å². The number of halogens is 3. The maximum absolute atomic E-state index is 12.9. The first-order chi connectivity index (χ1) is 11.4. The second-order valence-electron chi connectivity index (χ2n) is 5.46. The van der Waals surface area contributed by atoms with Gasteiger partial charge in [0.15, 0.2) is 0 Å². The van der Waals surface area contributed by atoms with Gasteiger partial charge in [-0.15, -0.1) is 0 Å². The zero-order chi connectivity index (χ0) is 17.4. The Kier molecular flexibility index (Phi) is 4.77. The van der Waals surface area contributed by atoms with E-state index >= 15 is 0 Å². The first-order valence-corrected chi connectivity index (χ1v) is 8.60. The van der Waals surface area contributed by atoms with Crippen LogP contribution in [-0.4, -0.2) is 10.5 Å².